The monoisotopic (exact) mass is 368 g/mol. The summed E-state index contributed by atoms with van der Waals surface area (Å²) in [7, 11) is 0. The van der Waals surface area contributed by atoms with Crippen molar-refractivity contribution in [1.82, 2.24) is 5.32 Å². The van der Waals surface area contributed by atoms with Gasteiger partial charge in [-0.05, 0) is 56.9 Å². The summed E-state index contributed by atoms with van der Waals surface area (Å²) in [6.07, 6.45) is 0.735. The highest BCUT2D eigenvalue weighted by atomic mass is 79.9. The van der Waals surface area contributed by atoms with Crippen LogP contribution >= 0.6 is 27.3 Å². The van der Waals surface area contributed by atoms with Crippen LogP contribution in [0, 0.1) is 0 Å². The van der Waals surface area contributed by atoms with Crippen LogP contribution in [0.25, 0.3) is 0 Å². The molecule has 1 aromatic heterocycles. The van der Waals surface area contributed by atoms with E-state index in [1.54, 1.807) is 23.5 Å². The van der Waals surface area contributed by atoms with Gasteiger partial charge in [0.05, 0.1) is 11.3 Å². The fourth-order valence-corrected chi connectivity index (χ4v) is 2.91. The van der Waals surface area contributed by atoms with Crippen molar-refractivity contribution < 1.29 is 14.7 Å². The second-order valence-corrected chi connectivity index (χ2v) is 5.86. The Balaban J connectivity index is 1.95. The third-order valence-electron chi connectivity index (χ3n) is 2.76. The van der Waals surface area contributed by atoms with Gasteiger partial charge in [-0.15, -0.1) is 0 Å². The smallest absolute Gasteiger partial charge is 0.337 e. The van der Waals surface area contributed by atoms with Gasteiger partial charge in [0.15, 0.2) is 0 Å². The molecule has 0 aliphatic rings. The molecule has 3 N–H and O–H groups in total. The summed E-state index contributed by atoms with van der Waals surface area (Å²) in [4.78, 5) is 23.0. The molecule has 2 aromatic rings. The number of nitrogens with one attached hydrogen (secondary N) is 2. The largest absolute Gasteiger partial charge is 0.478 e. The molecule has 0 fully saturated rings. The second-order valence-electron chi connectivity index (χ2n) is 4.23. The maximum atomic E-state index is 11.8. The van der Waals surface area contributed by atoms with Crippen LogP contribution in [0.1, 0.15) is 15.9 Å². The highest BCUT2D eigenvalue weighted by Gasteiger charge is 2.14. The minimum absolute atomic E-state index is 0.0392. The molecule has 0 atom stereocenters. The van der Waals surface area contributed by atoms with E-state index in [4.69, 9.17) is 5.11 Å². The normalized spacial score (nSPS) is 10.1. The van der Waals surface area contributed by atoms with E-state index in [9.17, 15) is 9.59 Å². The van der Waals surface area contributed by atoms with E-state index < -0.39 is 12.0 Å². The number of aromatic carboxylic acids is 1. The average molecular weight is 369 g/mol. The van der Waals surface area contributed by atoms with Gasteiger partial charge in [0.1, 0.15) is 0 Å². The van der Waals surface area contributed by atoms with Crippen molar-refractivity contribution in [2.75, 3.05) is 11.9 Å². The van der Waals surface area contributed by atoms with Crippen LogP contribution in [0.15, 0.2) is 39.5 Å². The summed E-state index contributed by atoms with van der Waals surface area (Å²) in [5.74, 6) is -1.09. The molecule has 0 unspecified atom stereocenters. The zero-order valence-corrected chi connectivity index (χ0v) is 13.3. The van der Waals surface area contributed by atoms with Crippen molar-refractivity contribution in [1.29, 1.82) is 0 Å². The quantitative estimate of drug-likeness (QED) is 0.754. The van der Waals surface area contributed by atoms with Crippen molar-refractivity contribution in [3.8, 4) is 0 Å². The molecule has 0 spiro atoms. The van der Waals surface area contributed by atoms with Crippen molar-refractivity contribution in [3.63, 3.8) is 0 Å². The van der Waals surface area contributed by atoms with Gasteiger partial charge in [-0.2, -0.15) is 11.3 Å². The molecule has 110 valence electrons. The van der Waals surface area contributed by atoms with Crippen LogP contribution in [0.4, 0.5) is 10.5 Å². The lowest BCUT2D eigenvalue weighted by Crippen LogP contribution is -2.31. The lowest BCUT2D eigenvalue weighted by Gasteiger charge is -2.11. The first-order valence-electron chi connectivity index (χ1n) is 6.15. The van der Waals surface area contributed by atoms with E-state index in [1.165, 1.54) is 6.07 Å². The maximum absolute atomic E-state index is 11.8. The Morgan fingerprint density at radius 2 is 2.10 bits per heavy atom. The van der Waals surface area contributed by atoms with Crippen molar-refractivity contribution in [3.05, 3.63) is 50.6 Å². The number of para-hydroxylation sites is 1. The molecule has 21 heavy (non-hydrogen) atoms. The predicted octanol–water partition coefficient (Wildman–Crippen LogP) is 3.57. The number of benzene rings is 1. The minimum atomic E-state index is -1.09. The number of thiophene rings is 1. The Kier molecular flexibility index (Phi) is 5.35. The van der Waals surface area contributed by atoms with Crippen LogP contribution in [0.3, 0.4) is 0 Å². The Morgan fingerprint density at radius 3 is 2.76 bits per heavy atom. The van der Waals surface area contributed by atoms with E-state index in [-0.39, 0.29) is 11.3 Å². The molecular weight excluding hydrogens is 356 g/mol. The predicted molar refractivity (Wildman–Crippen MR) is 86.1 cm³/mol. The first kappa shape index (κ1) is 15.5. The highest BCUT2D eigenvalue weighted by Crippen LogP contribution is 2.26. The number of urea groups is 1. The standard InChI is InChI=1S/C14H13BrN2O3S/c15-11-3-1-2-10(13(18)19)12(11)17-14(20)16-6-4-9-5-7-21-8-9/h1-3,5,7-8H,4,6H2,(H,18,19)(H2,16,17,20). The topological polar surface area (TPSA) is 78.4 Å². The number of halogens is 1. The van der Waals surface area contributed by atoms with Gasteiger partial charge in [-0.1, -0.05) is 6.07 Å². The zero-order chi connectivity index (χ0) is 15.2. The number of hydrogen-bond acceptors (Lipinski definition) is 3. The van der Waals surface area contributed by atoms with E-state index in [0.29, 0.717) is 11.0 Å². The Morgan fingerprint density at radius 1 is 1.29 bits per heavy atom. The number of carboxylic acid groups (broad SMARTS) is 1. The van der Waals surface area contributed by atoms with Gasteiger partial charge in [0.2, 0.25) is 0 Å². The van der Waals surface area contributed by atoms with Crippen LogP contribution in [-0.2, 0) is 6.42 Å². The molecule has 0 aliphatic carbocycles. The van der Waals surface area contributed by atoms with Gasteiger partial charge in [0, 0.05) is 11.0 Å². The molecule has 0 saturated heterocycles. The summed E-state index contributed by atoms with van der Waals surface area (Å²) in [5, 5.41) is 18.4. The SMILES string of the molecule is O=C(NCCc1ccsc1)Nc1c(Br)cccc1C(=O)O. The van der Waals surface area contributed by atoms with E-state index >= 15 is 0 Å². The fraction of sp³-hybridized carbons (Fsp3) is 0.143. The lowest BCUT2D eigenvalue weighted by molar-refractivity contribution is 0.0698. The Hall–Kier alpha value is -1.86. The van der Waals surface area contributed by atoms with Crippen LogP contribution in [-0.4, -0.2) is 23.7 Å². The van der Waals surface area contributed by atoms with E-state index in [1.807, 2.05) is 16.8 Å². The molecule has 2 rings (SSSR count). The lowest BCUT2D eigenvalue weighted by atomic mass is 10.2. The molecular formula is C14H13BrN2O3S. The molecule has 7 heteroatoms. The number of anilines is 1. The molecule has 0 radical (unpaired) electrons. The van der Waals surface area contributed by atoms with Crippen molar-refractivity contribution >= 4 is 45.0 Å². The Labute approximate surface area is 134 Å². The van der Waals surface area contributed by atoms with Crippen LogP contribution < -0.4 is 10.6 Å². The summed E-state index contributed by atoms with van der Waals surface area (Å²) < 4.78 is 0.524. The third-order valence-corrected chi connectivity index (χ3v) is 4.15. The van der Waals surface area contributed by atoms with E-state index in [2.05, 4.69) is 26.6 Å². The molecule has 0 saturated carbocycles. The molecule has 5 nitrogen and oxygen atoms in total. The van der Waals surface area contributed by atoms with Gasteiger partial charge >= 0.3 is 12.0 Å². The third kappa shape index (κ3) is 4.30. The van der Waals surface area contributed by atoms with Crippen molar-refractivity contribution in [2.45, 2.75) is 6.42 Å². The minimum Gasteiger partial charge on any atom is -0.478 e. The van der Waals surface area contributed by atoms with E-state index in [0.717, 1.165) is 12.0 Å². The second kappa shape index (κ2) is 7.24. The molecule has 1 aromatic carbocycles. The summed E-state index contributed by atoms with van der Waals surface area (Å²) in [5.41, 5.74) is 1.45. The first-order chi connectivity index (χ1) is 10.1. The zero-order valence-electron chi connectivity index (χ0n) is 10.9. The number of rotatable bonds is 5. The van der Waals surface area contributed by atoms with Crippen LogP contribution in [0.2, 0.25) is 0 Å². The average Bonchev–Trinajstić information content (AvgIpc) is 2.94. The van der Waals surface area contributed by atoms with Gasteiger partial charge in [0.25, 0.3) is 0 Å². The number of carbonyl (C=O) groups excluding carboxylic acids is 1. The van der Waals surface area contributed by atoms with Crippen molar-refractivity contribution in [2.24, 2.45) is 0 Å². The first-order valence-corrected chi connectivity index (χ1v) is 7.89. The van der Waals surface area contributed by atoms with Gasteiger partial charge in [-0.25, -0.2) is 9.59 Å². The van der Waals surface area contributed by atoms with Crippen LogP contribution in [0.5, 0.6) is 0 Å². The number of hydrogen-bond donors (Lipinski definition) is 3. The molecule has 1 heterocycles. The maximum Gasteiger partial charge on any atom is 0.337 e. The summed E-state index contributed by atoms with van der Waals surface area (Å²) >= 11 is 4.85. The number of amides is 2. The fourth-order valence-electron chi connectivity index (χ4n) is 1.74. The number of carboxylic acids is 1. The molecule has 0 bridgehead atoms. The number of carbonyl (C=O) groups is 2. The summed E-state index contributed by atoms with van der Waals surface area (Å²) in [6, 6.07) is 6.29. The summed E-state index contributed by atoms with van der Waals surface area (Å²) in [6.45, 7) is 0.482. The highest BCUT2D eigenvalue weighted by molar-refractivity contribution is 9.10. The van der Waals surface area contributed by atoms with Gasteiger partial charge in [-0.3, -0.25) is 0 Å². The molecule has 2 amide bonds. The Bertz CT molecular complexity index is 644. The molecule has 0 aliphatic heterocycles. The van der Waals surface area contributed by atoms with Gasteiger partial charge < -0.3 is 15.7 Å².